The Kier molecular flexibility index (Phi) is 8.28. The number of hydrogen-bond acceptors (Lipinski definition) is 12. The van der Waals surface area contributed by atoms with Gasteiger partial charge >= 0.3 is 19.4 Å². The van der Waals surface area contributed by atoms with E-state index in [0.717, 1.165) is 0 Å². The monoisotopic (exact) mass is 554 g/mol. The largest absolute Gasteiger partial charge is 0.462 e. The Morgan fingerprint density at radius 2 is 2.03 bits per heavy atom. The van der Waals surface area contributed by atoms with Crippen molar-refractivity contribution in [2.75, 3.05) is 19.1 Å². The summed E-state index contributed by atoms with van der Waals surface area (Å²) < 4.78 is 48.0. The van der Waals surface area contributed by atoms with Crippen molar-refractivity contribution in [1.29, 1.82) is 0 Å². The zero-order chi connectivity index (χ0) is 27.6. The Balaban J connectivity index is 1.51. The van der Waals surface area contributed by atoms with E-state index in [1.165, 1.54) is 35.9 Å². The highest BCUT2D eigenvalue weighted by Gasteiger charge is 2.44. The van der Waals surface area contributed by atoms with Gasteiger partial charge in [-0.05, 0) is 39.0 Å². The molecule has 0 saturated carbocycles. The molecule has 0 radical (unpaired) electrons. The molecule has 2 aliphatic heterocycles. The molecule has 4 N–H and O–H groups in total. The number of carbonyl (C=O) groups is 1. The van der Waals surface area contributed by atoms with E-state index in [9.17, 15) is 19.3 Å². The average molecular weight is 554 g/mol. The van der Waals surface area contributed by atoms with Gasteiger partial charge in [-0.3, -0.25) is 13.9 Å². The predicted octanol–water partition coefficient (Wildman–Crippen LogP) is 1.58. The SMILES string of the molecule is CC(C)OC(=O)C(C)NP(=O)(OCC1OC(n2ccc(N)nc2=O)C(C)C1O)Oc1ccc2c(c1)OCO2. The Bertz CT molecular complexity index is 1270. The standard InChI is InChI=1S/C23H31N4O10P/c1-12(2)35-22(29)14(4)26-38(31,37-15-5-6-16-17(9-15)33-11-32-16)34-10-18-20(28)13(3)21(36-18)27-8-7-19(24)25-23(27)30/h5-9,12-14,18,20-21,28H,10-11H2,1-4H3,(H,26,31)(H2,24,25,30). The smallest absolute Gasteiger partial charge is 0.459 e. The molecule has 0 bridgehead atoms. The zero-order valence-corrected chi connectivity index (χ0v) is 22.2. The molecule has 1 fully saturated rings. The number of carbonyl (C=O) groups excluding carboxylic acids is 1. The summed E-state index contributed by atoms with van der Waals surface area (Å²) in [5.74, 6) is -0.170. The summed E-state index contributed by atoms with van der Waals surface area (Å²) in [5.41, 5.74) is 4.91. The predicted molar refractivity (Wildman–Crippen MR) is 133 cm³/mol. The van der Waals surface area contributed by atoms with Crippen molar-refractivity contribution in [2.45, 2.75) is 58.3 Å². The van der Waals surface area contributed by atoms with Crippen LogP contribution in [0.2, 0.25) is 0 Å². The van der Waals surface area contributed by atoms with Gasteiger partial charge < -0.3 is 34.3 Å². The van der Waals surface area contributed by atoms with E-state index in [0.29, 0.717) is 11.5 Å². The van der Waals surface area contributed by atoms with Crippen LogP contribution in [-0.4, -0.2) is 58.4 Å². The number of nitrogens with one attached hydrogen (secondary N) is 1. The van der Waals surface area contributed by atoms with Crippen molar-refractivity contribution in [1.82, 2.24) is 14.6 Å². The van der Waals surface area contributed by atoms with Crippen LogP contribution in [0.4, 0.5) is 5.82 Å². The summed E-state index contributed by atoms with van der Waals surface area (Å²) in [7, 11) is -4.26. The molecule has 2 aliphatic rings. The number of ether oxygens (including phenoxy) is 4. The van der Waals surface area contributed by atoms with Gasteiger partial charge in [-0.15, -0.1) is 0 Å². The van der Waals surface area contributed by atoms with Crippen LogP contribution in [0.3, 0.4) is 0 Å². The average Bonchev–Trinajstić information content (AvgIpc) is 3.42. The molecule has 0 amide bonds. The number of benzene rings is 1. The third-order valence-electron chi connectivity index (χ3n) is 5.84. The highest BCUT2D eigenvalue weighted by atomic mass is 31.2. The van der Waals surface area contributed by atoms with Crippen LogP contribution in [0.15, 0.2) is 35.3 Å². The van der Waals surface area contributed by atoms with E-state index >= 15 is 0 Å². The van der Waals surface area contributed by atoms with E-state index in [1.807, 2.05) is 0 Å². The summed E-state index contributed by atoms with van der Waals surface area (Å²) in [5, 5.41) is 13.3. The van der Waals surface area contributed by atoms with E-state index < -0.39 is 62.5 Å². The van der Waals surface area contributed by atoms with Crippen molar-refractivity contribution >= 4 is 19.5 Å². The number of nitrogen functional groups attached to an aromatic ring is 1. The van der Waals surface area contributed by atoms with Crippen molar-refractivity contribution in [3.05, 3.63) is 40.9 Å². The third kappa shape index (κ3) is 6.27. The fourth-order valence-electron chi connectivity index (χ4n) is 3.93. The highest BCUT2D eigenvalue weighted by molar-refractivity contribution is 7.52. The molecule has 6 unspecified atom stereocenters. The lowest BCUT2D eigenvalue weighted by Crippen LogP contribution is -2.37. The molecule has 2 aromatic rings. The lowest BCUT2D eigenvalue weighted by molar-refractivity contribution is -0.149. The fourth-order valence-corrected chi connectivity index (χ4v) is 5.42. The molecule has 0 aliphatic carbocycles. The number of nitrogens with zero attached hydrogens (tertiary/aromatic N) is 2. The van der Waals surface area contributed by atoms with Crippen LogP contribution in [0, 0.1) is 5.92 Å². The maximum atomic E-state index is 13.8. The number of aromatic nitrogens is 2. The van der Waals surface area contributed by atoms with E-state index in [-0.39, 0.29) is 18.4 Å². The van der Waals surface area contributed by atoms with Crippen LogP contribution in [0.1, 0.15) is 33.9 Å². The number of anilines is 1. The van der Waals surface area contributed by atoms with E-state index in [1.54, 1.807) is 26.8 Å². The summed E-state index contributed by atoms with van der Waals surface area (Å²) >= 11 is 0. The maximum absolute atomic E-state index is 13.8. The van der Waals surface area contributed by atoms with Gasteiger partial charge in [-0.1, -0.05) is 6.92 Å². The molecule has 6 atom stereocenters. The first-order chi connectivity index (χ1) is 18.0. The number of hydrogen-bond donors (Lipinski definition) is 3. The lowest BCUT2D eigenvalue weighted by Gasteiger charge is -2.25. The van der Waals surface area contributed by atoms with Gasteiger partial charge in [-0.25, -0.2) is 9.36 Å². The van der Waals surface area contributed by atoms with Crippen molar-refractivity contribution < 1.29 is 42.5 Å². The van der Waals surface area contributed by atoms with Crippen molar-refractivity contribution in [3.63, 3.8) is 0 Å². The number of fused-ring (bicyclic) bond motifs is 1. The molecule has 1 aromatic heterocycles. The zero-order valence-electron chi connectivity index (χ0n) is 21.3. The third-order valence-corrected chi connectivity index (χ3v) is 7.49. The first kappa shape index (κ1) is 27.9. The second kappa shape index (κ2) is 11.3. The van der Waals surface area contributed by atoms with Gasteiger partial charge in [0.05, 0.1) is 18.8 Å². The van der Waals surface area contributed by atoms with Gasteiger partial charge in [-0.2, -0.15) is 10.1 Å². The highest BCUT2D eigenvalue weighted by Crippen LogP contribution is 2.48. The Morgan fingerprint density at radius 3 is 2.74 bits per heavy atom. The van der Waals surface area contributed by atoms with Crippen LogP contribution in [0.5, 0.6) is 17.2 Å². The van der Waals surface area contributed by atoms with Crippen LogP contribution >= 0.6 is 7.75 Å². The molecule has 14 nitrogen and oxygen atoms in total. The summed E-state index contributed by atoms with van der Waals surface area (Å²) in [6.07, 6.45) is -1.94. The summed E-state index contributed by atoms with van der Waals surface area (Å²) in [6.45, 7) is 6.13. The molecule has 3 heterocycles. The Labute approximate surface area is 218 Å². The second-order valence-electron chi connectivity index (χ2n) is 9.19. The molecule has 208 valence electrons. The lowest BCUT2D eigenvalue weighted by atomic mass is 10.0. The maximum Gasteiger partial charge on any atom is 0.459 e. The number of aliphatic hydroxyl groups excluding tert-OH is 1. The quantitative estimate of drug-likeness (QED) is 0.284. The minimum absolute atomic E-state index is 0.0339. The van der Waals surface area contributed by atoms with Crippen LogP contribution in [0.25, 0.3) is 0 Å². The first-order valence-corrected chi connectivity index (χ1v) is 13.5. The fraction of sp³-hybridized carbons (Fsp3) is 0.522. The number of rotatable bonds is 10. The van der Waals surface area contributed by atoms with Crippen LogP contribution in [-0.2, 0) is 23.4 Å². The molecule has 1 aromatic carbocycles. The number of nitrogens with two attached hydrogens (primary N) is 1. The van der Waals surface area contributed by atoms with E-state index in [4.69, 9.17) is 33.7 Å². The van der Waals surface area contributed by atoms with Crippen molar-refractivity contribution in [3.8, 4) is 17.2 Å². The molecule has 15 heteroatoms. The molecule has 1 saturated heterocycles. The van der Waals surface area contributed by atoms with Gasteiger partial charge in [0, 0.05) is 18.2 Å². The van der Waals surface area contributed by atoms with E-state index in [2.05, 4.69) is 10.1 Å². The number of aliphatic hydroxyl groups is 1. The molecular formula is C23H31N4O10P. The number of esters is 1. The minimum atomic E-state index is -4.26. The topological polar surface area (TPSA) is 183 Å². The van der Waals surface area contributed by atoms with Gasteiger partial charge in [0.15, 0.2) is 11.5 Å². The van der Waals surface area contributed by atoms with Crippen LogP contribution < -0.4 is 30.5 Å². The molecule has 0 spiro atoms. The summed E-state index contributed by atoms with van der Waals surface area (Å²) in [6, 6.07) is 4.91. The summed E-state index contributed by atoms with van der Waals surface area (Å²) in [4.78, 5) is 28.4. The van der Waals surface area contributed by atoms with Crippen molar-refractivity contribution in [2.24, 2.45) is 5.92 Å². The second-order valence-corrected chi connectivity index (χ2v) is 10.9. The van der Waals surface area contributed by atoms with Gasteiger partial charge in [0.25, 0.3) is 0 Å². The normalized spacial score (nSPS) is 24.7. The Hall–Kier alpha value is -3.16. The van der Waals surface area contributed by atoms with Gasteiger partial charge in [0.1, 0.15) is 29.9 Å². The molecule has 4 rings (SSSR count). The first-order valence-electron chi connectivity index (χ1n) is 12.0. The molecular weight excluding hydrogens is 523 g/mol. The minimum Gasteiger partial charge on any atom is -0.462 e. The van der Waals surface area contributed by atoms with Gasteiger partial charge in [0.2, 0.25) is 6.79 Å². The molecule has 38 heavy (non-hydrogen) atoms. The Morgan fingerprint density at radius 1 is 1.29 bits per heavy atom.